The van der Waals surface area contributed by atoms with E-state index in [-0.39, 0.29) is 35.6 Å². The molecule has 4 heterocycles. The summed E-state index contributed by atoms with van der Waals surface area (Å²) in [6.45, 7) is 4.90. The van der Waals surface area contributed by atoms with Crippen LogP contribution in [0.3, 0.4) is 0 Å². The Morgan fingerprint density at radius 1 is 0.870 bits per heavy atom. The number of nitrogens with one attached hydrogen (secondary N) is 4. The minimum Gasteiger partial charge on any atom is -0.453 e. The first-order valence-electron chi connectivity index (χ1n) is 18.9. The number of alkyl carbamates (subject to hydrolysis) is 1. The van der Waals surface area contributed by atoms with Crippen molar-refractivity contribution in [2.45, 2.75) is 70.5 Å². The monoisotopic (exact) mass is 746 g/mol. The van der Waals surface area contributed by atoms with E-state index in [0.29, 0.717) is 24.9 Å². The van der Waals surface area contributed by atoms with Gasteiger partial charge in [-0.05, 0) is 72.1 Å². The van der Waals surface area contributed by atoms with Crippen molar-refractivity contribution in [1.82, 2.24) is 40.5 Å². The predicted molar refractivity (Wildman–Crippen MR) is 206 cm³/mol. The van der Waals surface area contributed by atoms with Crippen LogP contribution in [0.1, 0.15) is 74.6 Å². The van der Waals surface area contributed by atoms with Crippen LogP contribution < -0.4 is 10.6 Å². The fourth-order valence-corrected chi connectivity index (χ4v) is 9.42. The average Bonchev–Trinajstić information content (AvgIpc) is 4.05. The quantitative estimate of drug-likeness (QED) is 0.113. The lowest BCUT2D eigenvalue weighted by Gasteiger charge is -2.30. The molecular weight excluding hydrogens is 701 g/mol. The number of H-pyrrole nitrogens is 2. The fourth-order valence-electron chi connectivity index (χ4n) is 8.87. The van der Waals surface area contributed by atoms with Gasteiger partial charge >= 0.3 is 6.09 Å². The van der Waals surface area contributed by atoms with Crippen molar-refractivity contribution < 1.29 is 19.1 Å². The molecule has 4 N–H and O–H groups in total. The number of aromatic nitrogens is 5. The normalized spacial score (nSPS) is 22.4. The number of aromatic amines is 2. The van der Waals surface area contributed by atoms with Crippen molar-refractivity contribution in [1.29, 1.82) is 0 Å². The van der Waals surface area contributed by atoms with Gasteiger partial charge in [0, 0.05) is 24.0 Å². The molecule has 2 bridgehead atoms. The highest BCUT2D eigenvalue weighted by Crippen LogP contribution is 2.56. The summed E-state index contributed by atoms with van der Waals surface area (Å²) >= 11 is 1.56. The smallest absolute Gasteiger partial charge is 0.407 e. The molecule has 6 atom stereocenters. The van der Waals surface area contributed by atoms with Crippen LogP contribution in [0.25, 0.3) is 33.6 Å². The van der Waals surface area contributed by atoms with Crippen molar-refractivity contribution >= 4 is 29.2 Å². The topological polar surface area (TPSA) is 158 Å². The van der Waals surface area contributed by atoms with Gasteiger partial charge in [-0.15, -0.1) is 11.3 Å². The zero-order valence-corrected chi connectivity index (χ0v) is 31.6. The maximum atomic E-state index is 13.5. The third-order valence-electron chi connectivity index (χ3n) is 11.6. The number of likely N-dealkylation sites (tertiary alicyclic amines) is 1. The molecule has 3 aliphatic rings. The lowest BCUT2D eigenvalue weighted by Crippen LogP contribution is -2.51. The maximum absolute atomic E-state index is 13.5. The molecule has 8 rings (SSSR count). The number of ether oxygens (including phenoxy) is 1. The molecular formula is C41H46N8O4S. The Kier molecular flexibility index (Phi) is 10.1. The van der Waals surface area contributed by atoms with Crippen molar-refractivity contribution in [2.75, 3.05) is 13.7 Å². The lowest BCUT2D eigenvalue weighted by molar-refractivity contribution is -0.135. The number of benzene rings is 2. The molecule has 5 aromatic rings. The van der Waals surface area contributed by atoms with Crippen LogP contribution in [0.4, 0.5) is 4.79 Å². The standard InChI is InChI=1S/C41H46N8O4S/c1-23(2)36(48-41(52)53-3)40(51)49-17-4-5-32(49)37-43-20-30(46-37)26-10-6-24(7-11-26)25-8-12-27(13-9-25)31-21-44-38(47-31)34-28-14-15-29(19-28)35(34)39(50)45-22-33-42-16-18-54-33/h6-13,16,18,20-21,23,28-29,32,34-36H,4-5,14-15,17,19,22H2,1-3H3,(H,43,46)(H,44,47)(H,45,50)(H,48,52)/t28?,29?,32-,34?,35-,36-/m0/s1. The van der Waals surface area contributed by atoms with E-state index in [2.05, 4.69) is 79.1 Å². The van der Waals surface area contributed by atoms with Crippen LogP contribution in [0.15, 0.2) is 72.5 Å². The number of fused-ring (bicyclic) bond motifs is 2. The second-order valence-corrected chi connectivity index (χ2v) is 16.1. The molecule has 2 aliphatic carbocycles. The second-order valence-electron chi connectivity index (χ2n) is 15.1. The Bertz CT molecular complexity index is 2090. The largest absolute Gasteiger partial charge is 0.453 e. The minimum atomic E-state index is -0.675. The van der Waals surface area contributed by atoms with Crippen LogP contribution in [-0.2, 0) is 20.9 Å². The van der Waals surface area contributed by atoms with Gasteiger partial charge in [-0.3, -0.25) is 9.59 Å². The SMILES string of the molecule is COC(=O)N[C@H](C(=O)N1CCC[C@H]1c1ncc(-c2ccc(-c3ccc(-c4cnc(C5C6CCC(C6)[C@@H]5C(=O)NCc5nccs5)[nH]4)cc3)cc2)[nH]1)C(C)C. The van der Waals surface area contributed by atoms with Crippen LogP contribution in [-0.4, -0.2) is 67.4 Å². The van der Waals surface area contributed by atoms with Crippen molar-refractivity contribution in [3.8, 4) is 33.6 Å². The number of hydrogen-bond donors (Lipinski definition) is 4. The minimum absolute atomic E-state index is 0.0673. The van der Waals surface area contributed by atoms with Crippen LogP contribution in [0, 0.1) is 23.7 Å². The van der Waals surface area contributed by atoms with Gasteiger partial charge in [0.2, 0.25) is 11.8 Å². The zero-order valence-electron chi connectivity index (χ0n) is 30.7. The molecule has 3 aromatic heterocycles. The van der Waals surface area contributed by atoms with E-state index >= 15 is 0 Å². The molecule has 2 saturated carbocycles. The predicted octanol–water partition coefficient (Wildman–Crippen LogP) is 7.08. The van der Waals surface area contributed by atoms with Crippen molar-refractivity contribution in [2.24, 2.45) is 23.7 Å². The Hall–Kier alpha value is -5.30. The van der Waals surface area contributed by atoms with Crippen LogP contribution in [0.2, 0.25) is 0 Å². The first-order valence-corrected chi connectivity index (χ1v) is 19.8. The molecule has 3 fully saturated rings. The zero-order chi connectivity index (χ0) is 37.3. The maximum Gasteiger partial charge on any atom is 0.407 e. The number of carbonyl (C=O) groups excluding carboxylic acids is 3. The number of thiazole rings is 1. The summed E-state index contributed by atoms with van der Waals surface area (Å²) in [7, 11) is 1.30. The molecule has 54 heavy (non-hydrogen) atoms. The van der Waals surface area contributed by atoms with E-state index in [0.717, 1.165) is 82.4 Å². The highest BCUT2D eigenvalue weighted by Gasteiger charge is 2.52. The first-order chi connectivity index (χ1) is 26.3. The summed E-state index contributed by atoms with van der Waals surface area (Å²) in [5, 5.41) is 8.71. The molecule has 3 unspecified atom stereocenters. The fraction of sp³-hybridized carbons (Fsp3) is 0.415. The van der Waals surface area contributed by atoms with Crippen LogP contribution in [0.5, 0.6) is 0 Å². The summed E-state index contributed by atoms with van der Waals surface area (Å²) in [6, 6.07) is 16.0. The first kappa shape index (κ1) is 35.7. The van der Waals surface area contributed by atoms with Crippen molar-refractivity contribution in [3.05, 3.63) is 89.2 Å². The van der Waals surface area contributed by atoms with E-state index in [1.165, 1.54) is 7.11 Å². The van der Waals surface area contributed by atoms with Gasteiger partial charge in [0.05, 0.1) is 49.4 Å². The summed E-state index contributed by atoms with van der Waals surface area (Å²) in [4.78, 5) is 61.6. The number of methoxy groups -OCH3 is 1. The van der Waals surface area contributed by atoms with Gasteiger partial charge in [-0.1, -0.05) is 62.4 Å². The number of nitrogens with zero attached hydrogens (tertiary/aromatic N) is 4. The second kappa shape index (κ2) is 15.2. The average molecular weight is 747 g/mol. The van der Waals surface area contributed by atoms with E-state index in [1.807, 2.05) is 36.5 Å². The number of imidazole rings is 2. The summed E-state index contributed by atoms with van der Waals surface area (Å²) in [5.74, 6) is 2.46. The highest BCUT2D eigenvalue weighted by atomic mass is 32.1. The molecule has 280 valence electrons. The molecule has 0 radical (unpaired) electrons. The van der Waals surface area contributed by atoms with Crippen molar-refractivity contribution in [3.63, 3.8) is 0 Å². The van der Waals surface area contributed by atoms with Crippen LogP contribution >= 0.6 is 11.3 Å². The number of hydrogen-bond acceptors (Lipinski definition) is 8. The molecule has 13 heteroatoms. The van der Waals surface area contributed by atoms with E-state index in [9.17, 15) is 14.4 Å². The number of carbonyl (C=O) groups is 3. The Morgan fingerprint density at radius 3 is 2.13 bits per heavy atom. The van der Waals surface area contributed by atoms with E-state index in [4.69, 9.17) is 9.72 Å². The summed E-state index contributed by atoms with van der Waals surface area (Å²) in [5.41, 5.74) is 6.07. The Balaban J connectivity index is 0.920. The molecule has 1 aliphatic heterocycles. The third-order valence-corrected chi connectivity index (χ3v) is 12.4. The highest BCUT2D eigenvalue weighted by molar-refractivity contribution is 7.09. The lowest BCUT2D eigenvalue weighted by atomic mass is 9.78. The Morgan fingerprint density at radius 2 is 1.50 bits per heavy atom. The number of rotatable bonds is 11. The number of amides is 3. The summed E-state index contributed by atoms with van der Waals surface area (Å²) < 4.78 is 4.76. The summed E-state index contributed by atoms with van der Waals surface area (Å²) in [6.07, 6.45) is 9.87. The van der Waals surface area contributed by atoms with E-state index in [1.54, 1.807) is 17.5 Å². The molecule has 1 saturated heterocycles. The third kappa shape index (κ3) is 7.04. The Labute approximate surface area is 318 Å². The molecule has 3 amide bonds. The molecule has 0 spiro atoms. The van der Waals surface area contributed by atoms with E-state index < -0.39 is 12.1 Å². The molecule has 12 nitrogen and oxygen atoms in total. The van der Waals surface area contributed by atoms with Gasteiger partial charge in [-0.25, -0.2) is 19.7 Å². The van der Waals surface area contributed by atoms with Gasteiger partial charge in [0.15, 0.2) is 0 Å². The van der Waals surface area contributed by atoms with Gasteiger partial charge in [0.1, 0.15) is 22.7 Å². The van der Waals surface area contributed by atoms with Gasteiger partial charge < -0.3 is 30.2 Å². The van der Waals surface area contributed by atoms with Gasteiger partial charge in [-0.2, -0.15) is 0 Å². The molecule has 2 aromatic carbocycles. The van der Waals surface area contributed by atoms with Gasteiger partial charge in [0.25, 0.3) is 0 Å².